The second-order valence-corrected chi connectivity index (χ2v) is 5.49. The lowest BCUT2D eigenvalue weighted by molar-refractivity contribution is 0.165. The van der Waals surface area contributed by atoms with Gasteiger partial charge < -0.3 is 5.32 Å². The highest BCUT2D eigenvalue weighted by Crippen LogP contribution is 2.49. The fourth-order valence-corrected chi connectivity index (χ4v) is 2.75. The zero-order valence-corrected chi connectivity index (χ0v) is 10.2. The maximum atomic E-state index is 13.8. The average molecular weight is 234 g/mol. The van der Waals surface area contributed by atoms with Gasteiger partial charge in [0.15, 0.2) is 0 Å². The Balaban J connectivity index is 1.75. The largest absolute Gasteiger partial charge is 0.314 e. The quantitative estimate of drug-likeness (QED) is 0.854. The number of benzene rings is 1. The molecule has 3 heteroatoms. The third-order valence-corrected chi connectivity index (χ3v) is 4.23. The molecule has 2 aliphatic rings. The van der Waals surface area contributed by atoms with Gasteiger partial charge in [-0.1, -0.05) is 18.2 Å². The third-order valence-electron chi connectivity index (χ3n) is 4.23. The van der Waals surface area contributed by atoms with E-state index in [9.17, 15) is 4.39 Å². The maximum absolute atomic E-state index is 13.8. The van der Waals surface area contributed by atoms with Gasteiger partial charge in [-0.25, -0.2) is 4.39 Å². The molecule has 0 aromatic heterocycles. The van der Waals surface area contributed by atoms with Crippen LogP contribution >= 0.6 is 0 Å². The van der Waals surface area contributed by atoms with E-state index in [0.29, 0.717) is 6.04 Å². The first-order valence-corrected chi connectivity index (χ1v) is 6.37. The van der Waals surface area contributed by atoms with E-state index in [1.165, 1.54) is 0 Å². The van der Waals surface area contributed by atoms with Crippen LogP contribution in [-0.2, 0) is 5.41 Å². The lowest BCUT2D eigenvalue weighted by Crippen LogP contribution is -2.57. The fraction of sp³-hybridized carbons (Fsp3) is 0.571. The summed E-state index contributed by atoms with van der Waals surface area (Å²) in [6, 6.07) is 7.90. The van der Waals surface area contributed by atoms with E-state index >= 15 is 0 Å². The first kappa shape index (κ1) is 11.2. The lowest BCUT2D eigenvalue weighted by Gasteiger charge is -2.37. The lowest BCUT2D eigenvalue weighted by atomic mass is 9.94. The first-order valence-electron chi connectivity index (χ1n) is 6.37. The number of nitrogens with one attached hydrogen (secondary N) is 1. The predicted molar refractivity (Wildman–Crippen MR) is 66.6 cm³/mol. The fourth-order valence-electron chi connectivity index (χ4n) is 2.75. The van der Waals surface area contributed by atoms with Gasteiger partial charge in [0.1, 0.15) is 5.82 Å². The molecule has 3 rings (SSSR count). The normalized spacial score (nSPS) is 22.5. The summed E-state index contributed by atoms with van der Waals surface area (Å²) in [7, 11) is 2.16. The predicted octanol–water partition coefficient (Wildman–Crippen LogP) is 1.76. The monoisotopic (exact) mass is 234 g/mol. The molecule has 1 saturated carbocycles. The summed E-state index contributed by atoms with van der Waals surface area (Å²) in [5, 5.41) is 3.28. The average Bonchev–Trinajstić information content (AvgIpc) is 2.96. The number of nitrogens with zero attached hydrogens (tertiary/aromatic N) is 1. The highest BCUT2D eigenvalue weighted by atomic mass is 19.1. The van der Waals surface area contributed by atoms with Gasteiger partial charge in [0, 0.05) is 31.1 Å². The van der Waals surface area contributed by atoms with Gasteiger partial charge in [0.05, 0.1) is 0 Å². The maximum Gasteiger partial charge on any atom is 0.127 e. The minimum Gasteiger partial charge on any atom is -0.314 e. The molecule has 1 aromatic rings. The summed E-state index contributed by atoms with van der Waals surface area (Å²) in [4.78, 5) is 2.38. The van der Waals surface area contributed by atoms with E-state index in [4.69, 9.17) is 0 Å². The van der Waals surface area contributed by atoms with E-state index in [1.54, 1.807) is 12.1 Å². The van der Waals surface area contributed by atoms with Crippen molar-refractivity contribution in [2.45, 2.75) is 24.3 Å². The Morgan fingerprint density at radius 2 is 2.06 bits per heavy atom. The molecular formula is C14H19FN2. The zero-order valence-electron chi connectivity index (χ0n) is 10.2. The summed E-state index contributed by atoms with van der Waals surface area (Å²) in [6.45, 7) is 3.13. The minimum atomic E-state index is -0.0369. The van der Waals surface area contributed by atoms with E-state index in [1.807, 2.05) is 12.1 Å². The van der Waals surface area contributed by atoms with Crippen LogP contribution in [0.25, 0.3) is 0 Å². The summed E-state index contributed by atoms with van der Waals surface area (Å²) < 4.78 is 13.8. The second-order valence-electron chi connectivity index (χ2n) is 5.49. The van der Waals surface area contributed by atoms with Crippen molar-refractivity contribution in [2.24, 2.45) is 0 Å². The van der Waals surface area contributed by atoms with Gasteiger partial charge in [-0.15, -0.1) is 0 Å². The molecule has 0 unspecified atom stereocenters. The topological polar surface area (TPSA) is 15.3 Å². The molecule has 1 N–H and O–H groups in total. The van der Waals surface area contributed by atoms with E-state index in [-0.39, 0.29) is 11.2 Å². The molecule has 1 aliphatic carbocycles. The van der Waals surface area contributed by atoms with Crippen molar-refractivity contribution in [1.82, 2.24) is 10.2 Å². The molecule has 2 nitrogen and oxygen atoms in total. The van der Waals surface area contributed by atoms with E-state index in [0.717, 1.165) is 38.0 Å². The van der Waals surface area contributed by atoms with Crippen LogP contribution in [0.2, 0.25) is 0 Å². The van der Waals surface area contributed by atoms with Crippen molar-refractivity contribution in [2.75, 3.05) is 26.7 Å². The van der Waals surface area contributed by atoms with Crippen molar-refractivity contribution in [3.8, 4) is 0 Å². The Morgan fingerprint density at radius 3 is 2.59 bits per heavy atom. The van der Waals surface area contributed by atoms with E-state index < -0.39 is 0 Å². The van der Waals surface area contributed by atoms with Crippen molar-refractivity contribution >= 4 is 0 Å². The van der Waals surface area contributed by atoms with Gasteiger partial charge in [-0.05, 0) is 31.5 Å². The number of hydrogen-bond acceptors (Lipinski definition) is 2. The smallest absolute Gasteiger partial charge is 0.127 e. The van der Waals surface area contributed by atoms with Crippen LogP contribution < -0.4 is 5.32 Å². The molecule has 0 atom stereocenters. The van der Waals surface area contributed by atoms with Gasteiger partial charge >= 0.3 is 0 Å². The molecule has 92 valence electrons. The van der Waals surface area contributed by atoms with Crippen LogP contribution in [0.5, 0.6) is 0 Å². The molecule has 1 saturated heterocycles. The summed E-state index contributed by atoms with van der Waals surface area (Å²) in [5.41, 5.74) is 1.01. The number of halogens is 1. The minimum absolute atomic E-state index is 0.0369. The van der Waals surface area contributed by atoms with Gasteiger partial charge in [-0.3, -0.25) is 4.90 Å². The summed E-state index contributed by atoms with van der Waals surface area (Å²) in [6.07, 6.45) is 2.25. The van der Waals surface area contributed by atoms with Crippen LogP contribution in [0.15, 0.2) is 24.3 Å². The Morgan fingerprint density at radius 1 is 1.35 bits per heavy atom. The molecule has 0 radical (unpaired) electrons. The van der Waals surface area contributed by atoms with Crippen molar-refractivity contribution in [1.29, 1.82) is 0 Å². The molecule has 0 amide bonds. The summed E-state index contributed by atoms with van der Waals surface area (Å²) in [5.74, 6) is -0.0369. The van der Waals surface area contributed by atoms with Gasteiger partial charge in [-0.2, -0.15) is 0 Å². The molecule has 2 fully saturated rings. The molecule has 0 bridgehead atoms. The van der Waals surface area contributed by atoms with Crippen LogP contribution in [0.1, 0.15) is 18.4 Å². The van der Waals surface area contributed by atoms with Gasteiger partial charge in [0.25, 0.3) is 0 Å². The highest BCUT2D eigenvalue weighted by Gasteiger charge is 2.47. The van der Waals surface area contributed by atoms with Gasteiger partial charge in [0.2, 0.25) is 0 Å². The zero-order chi connectivity index (χ0) is 11.9. The van der Waals surface area contributed by atoms with Crippen molar-refractivity contribution < 1.29 is 4.39 Å². The van der Waals surface area contributed by atoms with Crippen LogP contribution in [-0.4, -0.2) is 37.6 Å². The van der Waals surface area contributed by atoms with Crippen molar-refractivity contribution in [3.05, 3.63) is 35.6 Å². The summed E-state index contributed by atoms with van der Waals surface area (Å²) >= 11 is 0. The van der Waals surface area contributed by atoms with Crippen LogP contribution in [0.4, 0.5) is 4.39 Å². The number of likely N-dealkylation sites (N-methyl/N-ethyl adjacent to an activating group) is 1. The number of rotatable bonds is 4. The second kappa shape index (κ2) is 4.07. The standard InChI is InChI=1S/C14H19FN2/c1-17(11-8-16-9-11)10-14(6-7-14)12-4-2-3-5-13(12)15/h2-5,11,16H,6-10H2,1H3. The molecule has 17 heavy (non-hydrogen) atoms. The van der Waals surface area contributed by atoms with Crippen LogP contribution in [0, 0.1) is 5.82 Å². The SMILES string of the molecule is CN(CC1(c2ccccc2F)CC1)C1CNC1. The molecule has 1 heterocycles. The Labute approximate surface area is 102 Å². The molecule has 0 spiro atoms. The first-order chi connectivity index (χ1) is 8.21. The van der Waals surface area contributed by atoms with E-state index in [2.05, 4.69) is 17.3 Å². The highest BCUT2D eigenvalue weighted by molar-refractivity contribution is 5.33. The van der Waals surface area contributed by atoms with Crippen molar-refractivity contribution in [3.63, 3.8) is 0 Å². The Kier molecular flexibility index (Phi) is 2.68. The Bertz CT molecular complexity index is 410. The third kappa shape index (κ3) is 1.98. The molecule has 1 aromatic carbocycles. The molecular weight excluding hydrogens is 215 g/mol. The number of hydrogen-bond donors (Lipinski definition) is 1. The van der Waals surface area contributed by atoms with Crippen LogP contribution in [0.3, 0.4) is 0 Å². The Hall–Kier alpha value is -0.930. The molecule has 1 aliphatic heterocycles.